The van der Waals surface area contributed by atoms with E-state index < -0.39 is 0 Å². The Morgan fingerprint density at radius 3 is 2.78 bits per heavy atom. The maximum atomic E-state index is 11.8. The summed E-state index contributed by atoms with van der Waals surface area (Å²) >= 11 is 0. The Morgan fingerprint density at radius 1 is 1.30 bits per heavy atom. The van der Waals surface area contributed by atoms with E-state index >= 15 is 0 Å². The number of anilines is 1. The number of carbonyl (C=O) groups is 1. The van der Waals surface area contributed by atoms with Crippen LogP contribution < -0.4 is 10.1 Å². The number of nitrogens with one attached hydrogen (secondary N) is 1. The average Bonchev–Trinajstić information content (AvgIpc) is 2.92. The van der Waals surface area contributed by atoms with Gasteiger partial charge in [-0.05, 0) is 32.5 Å². The molecule has 6 heteroatoms. The second kappa shape index (κ2) is 8.33. The van der Waals surface area contributed by atoms with E-state index in [1.807, 2.05) is 38.2 Å². The van der Waals surface area contributed by atoms with Crippen LogP contribution in [-0.2, 0) is 4.79 Å². The third-order valence-electron chi connectivity index (χ3n) is 3.44. The summed E-state index contributed by atoms with van der Waals surface area (Å²) in [5, 5.41) is 6.44. The van der Waals surface area contributed by atoms with Crippen LogP contribution in [0.1, 0.15) is 17.7 Å². The second-order valence-electron chi connectivity index (χ2n) is 5.54. The molecule has 1 aromatic heterocycles. The highest BCUT2D eigenvalue weighted by Gasteiger charge is 2.08. The number of carbonyl (C=O) groups excluding carboxylic acids is 1. The number of aromatic nitrogens is 1. The summed E-state index contributed by atoms with van der Waals surface area (Å²) in [6.45, 7) is 5.80. The number of para-hydroxylation sites is 1. The lowest BCUT2D eigenvalue weighted by molar-refractivity contribution is -0.116. The SMILES string of the molecule is Cc1cc(NC(=O)CCN(C)CCOc2ccccc2C)no1. The zero-order chi connectivity index (χ0) is 16.7. The first-order chi connectivity index (χ1) is 11.0. The molecule has 124 valence electrons. The molecule has 0 atom stereocenters. The van der Waals surface area contributed by atoms with Crippen molar-refractivity contribution in [1.82, 2.24) is 10.1 Å². The predicted octanol–water partition coefficient (Wildman–Crippen LogP) is 2.63. The smallest absolute Gasteiger partial charge is 0.226 e. The molecular formula is C17H23N3O3. The van der Waals surface area contributed by atoms with E-state index in [1.54, 1.807) is 13.0 Å². The zero-order valence-electron chi connectivity index (χ0n) is 13.8. The number of aryl methyl sites for hydroxylation is 2. The van der Waals surface area contributed by atoms with Gasteiger partial charge in [-0.25, -0.2) is 0 Å². The minimum absolute atomic E-state index is 0.0787. The van der Waals surface area contributed by atoms with Crippen molar-refractivity contribution in [2.75, 3.05) is 32.1 Å². The minimum Gasteiger partial charge on any atom is -0.492 e. The molecule has 6 nitrogen and oxygen atoms in total. The van der Waals surface area contributed by atoms with Crippen molar-refractivity contribution in [3.63, 3.8) is 0 Å². The Labute approximate surface area is 136 Å². The van der Waals surface area contributed by atoms with Crippen LogP contribution in [0.4, 0.5) is 5.82 Å². The molecular weight excluding hydrogens is 294 g/mol. The van der Waals surface area contributed by atoms with Gasteiger partial charge in [-0.3, -0.25) is 4.79 Å². The summed E-state index contributed by atoms with van der Waals surface area (Å²) in [7, 11) is 1.97. The van der Waals surface area contributed by atoms with Crippen molar-refractivity contribution in [2.24, 2.45) is 0 Å². The Morgan fingerprint density at radius 2 is 2.09 bits per heavy atom. The van der Waals surface area contributed by atoms with Crippen LogP contribution in [0.3, 0.4) is 0 Å². The van der Waals surface area contributed by atoms with Crippen molar-refractivity contribution < 1.29 is 14.1 Å². The van der Waals surface area contributed by atoms with Gasteiger partial charge in [0.05, 0.1) is 0 Å². The normalized spacial score (nSPS) is 10.8. The van der Waals surface area contributed by atoms with Gasteiger partial charge < -0.3 is 19.5 Å². The van der Waals surface area contributed by atoms with Gasteiger partial charge in [0.2, 0.25) is 5.91 Å². The molecule has 0 saturated carbocycles. The molecule has 1 aromatic carbocycles. The maximum absolute atomic E-state index is 11.8. The van der Waals surface area contributed by atoms with Crippen molar-refractivity contribution in [1.29, 1.82) is 0 Å². The van der Waals surface area contributed by atoms with Gasteiger partial charge in [0.15, 0.2) is 5.82 Å². The first-order valence-electron chi connectivity index (χ1n) is 7.65. The second-order valence-corrected chi connectivity index (χ2v) is 5.54. The van der Waals surface area contributed by atoms with E-state index in [1.165, 1.54) is 0 Å². The Hall–Kier alpha value is -2.34. The standard InChI is InChI=1S/C17H23N3O3/c1-13-6-4-5-7-15(13)22-11-10-20(3)9-8-17(21)18-16-12-14(2)23-19-16/h4-7,12H,8-11H2,1-3H3,(H,18,19,21). The Kier molecular flexibility index (Phi) is 6.17. The number of hydrogen-bond acceptors (Lipinski definition) is 5. The molecule has 0 aliphatic carbocycles. The van der Waals surface area contributed by atoms with Gasteiger partial charge in [0, 0.05) is 25.6 Å². The summed E-state index contributed by atoms with van der Waals surface area (Å²) in [6.07, 6.45) is 0.396. The molecule has 1 heterocycles. The lowest BCUT2D eigenvalue weighted by Crippen LogP contribution is -2.28. The fourth-order valence-corrected chi connectivity index (χ4v) is 2.06. The molecule has 0 aliphatic heterocycles. The van der Waals surface area contributed by atoms with Crippen LogP contribution >= 0.6 is 0 Å². The highest BCUT2D eigenvalue weighted by molar-refractivity contribution is 5.89. The van der Waals surface area contributed by atoms with Crippen LogP contribution in [0.25, 0.3) is 0 Å². The van der Waals surface area contributed by atoms with Gasteiger partial charge in [-0.2, -0.15) is 0 Å². The average molecular weight is 317 g/mol. The molecule has 2 aromatic rings. The topological polar surface area (TPSA) is 67.6 Å². The van der Waals surface area contributed by atoms with Gasteiger partial charge in [-0.15, -0.1) is 0 Å². The van der Waals surface area contributed by atoms with Crippen LogP contribution in [0.15, 0.2) is 34.9 Å². The highest BCUT2D eigenvalue weighted by Crippen LogP contribution is 2.15. The molecule has 1 N–H and O–H groups in total. The lowest BCUT2D eigenvalue weighted by atomic mass is 10.2. The van der Waals surface area contributed by atoms with E-state index in [0.29, 0.717) is 31.2 Å². The first-order valence-corrected chi connectivity index (χ1v) is 7.65. The summed E-state index contributed by atoms with van der Waals surface area (Å²) in [6, 6.07) is 9.63. The number of benzene rings is 1. The number of likely N-dealkylation sites (N-methyl/N-ethyl adjacent to an activating group) is 1. The lowest BCUT2D eigenvalue weighted by Gasteiger charge is -2.17. The van der Waals surface area contributed by atoms with Crippen molar-refractivity contribution in [3.8, 4) is 5.75 Å². The first kappa shape index (κ1) is 17.0. The number of rotatable bonds is 8. The molecule has 0 radical (unpaired) electrons. The molecule has 0 bridgehead atoms. The Bertz CT molecular complexity index is 640. The molecule has 0 saturated heterocycles. The molecule has 2 rings (SSSR count). The van der Waals surface area contributed by atoms with Crippen molar-refractivity contribution in [3.05, 3.63) is 41.7 Å². The number of ether oxygens (including phenoxy) is 1. The van der Waals surface area contributed by atoms with E-state index in [4.69, 9.17) is 9.26 Å². The number of amides is 1. The monoisotopic (exact) mass is 317 g/mol. The summed E-state index contributed by atoms with van der Waals surface area (Å²) < 4.78 is 10.7. The van der Waals surface area contributed by atoms with Gasteiger partial charge in [0.25, 0.3) is 0 Å². The summed E-state index contributed by atoms with van der Waals surface area (Å²) in [4.78, 5) is 13.9. The van der Waals surface area contributed by atoms with Gasteiger partial charge >= 0.3 is 0 Å². The summed E-state index contributed by atoms with van der Waals surface area (Å²) in [5.74, 6) is 1.95. The molecule has 23 heavy (non-hydrogen) atoms. The third-order valence-corrected chi connectivity index (χ3v) is 3.44. The number of hydrogen-bond donors (Lipinski definition) is 1. The maximum Gasteiger partial charge on any atom is 0.226 e. The summed E-state index contributed by atoms with van der Waals surface area (Å²) in [5.41, 5.74) is 1.12. The molecule has 0 spiro atoms. The van der Waals surface area contributed by atoms with Crippen LogP contribution in [0.2, 0.25) is 0 Å². The van der Waals surface area contributed by atoms with E-state index in [-0.39, 0.29) is 5.91 Å². The largest absolute Gasteiger partial charge is 0.492 e. The van der Waals surface area contributed by atoms with E-state index in [0.717, 1.165) is 17.9 Å². The van der Waals surface area contributed by atoms with E-state index in [9.17, 15) is 4.79 Å². The minimum atomic E-state index is -0.0787. The number of nitrogens with zero attached hydrogens (tertiary/aromatic N) is 2. The fourth-order valence-electron chi connectivity index (χ4n) is 2.06. The van der Waals surface area contributed by atoms with Crippen LogP contribution in [0.5, 0.6) is 5.75 Å². The fraction of sp³-hybridized carbons (Fsp3) is 0.412. The van der Waals surface area contributed by atoms with Gasteiger partial charge in [0.1, 0.15) is 18.1 Å². The zero-order valence-corrected chi connectivity index (χ0v) is 13.8. The van der Waals surface area contributed by atoms with Crippen LogP contribution in [-0.4, -0.2) is 42.7 Å². The quantitative estimate of drug-likeness (QED) is 0.810. The third kappa shape index (κ3) is 5.75. The van der Waals surface area contributed by atoms with Crippen LogP contribution in [0, 0.1) is 13.8 Å². The molecule has 1 amide bonds. The van der Waals surface area contributed by atoms with Crippen molar-refractivity contribution in [2.45, 2.75) is 20.3 Å². The molecule has 0 fully saturated rings. The predicted molar refractivity (Wildman–Crippen MR) is 88.7 cm³/mol. The Balaban J connectivity index is 1.64. The van der Waals surface area contributed by atoms with E-state index in [2.05, 4.69) is 15.4 Å². The molecule has 0 aliphatic rings. The molecule has 0 unspecified atom stereocenters. The van der Waals surface area contributed by atoms with Crippen molar-refractivity contribution >= 4 is 11.7 Å². The van der Waals surface area contributed by atoms with Gasteiger partial charge in [-0.1, -0.05) is 23.4 Å². The highest BCUT2D eigenvalue weighted by atomic mass is 16.5.